The lowest BCUT2D eigenvalue weighted by molar-refractivity contribution is 0.335. The average molecular weight is 179 g/mol. The topological polar surface area (TPSA) is 21.3 Å². The molecule has 0 saturated carbocycles. The highest BCUT2D eigenvalue weighted by Gasteiger charge is 2.01. The van der Waals surface area contributed by atoms with E-state index in [-0.39, 0.29) is 0 Å². The van der Waals surface area contributed by atoms with Gasteiger partial charge in [0.25, 0.3) is 0 Å². The zero-order valence-electron chi connectivity index (χ0n) is 8.55. The van der Waals surface area contributed by atoms with Gasteiger partial charge in [0.1, 0.15) is 5.75 Å². The summed E-state index contributed by atoms with van der Waals surface area (Å²) in [6.07, 6.45) is 0. The second kappa shape index (κ2) is 4.87. The molecule has 0 aliphatic heterocycles. The molecule has 1 N–H and O–H groups in total. The molecule has 0 amide bonds. The second-order valence-corrected chi connectivity index (χ2v) is 3.07. The van der Waals surface area contributed by atoms with Crippen LogP contribution >= 0.6 is 0 Å². The number of benzene rings is 1. The molecule has 2 heteroatoms. The molecule has 0 aliphatic carbocycles. The van der Waals surface area contributed by atoms with Crippen LogP contribution in [0.1, 0.15) is 18.1 Å². The lowest BCUT2D eigenvalue weighted by atomic mass is 10.1. The van der Waals surface area contributed by atoms with Crippen molar-refractivity contribution >= 4 is 0 Å². The molecular formula is C11H17NO. The minimum atomic E-state index is 0.722. The zero-order valence-corrected chi connectivity index (χ0v) is 8.55. The number of rotatable bonds is 4. The van der Waals surface area contributed by atoms with Crippen LogP contribution in [0.15, 0.2) is 18.2 Å². The third kappa shape index (κ3) is 2.74. The van der Waals surface area contributed by atoms with E-state index >= 15 is 0 Å². The van der Waals surface area contributed by atoms with E-state index in [1.165, 1.54) is 11.1 Å². The molecule has 0 heterocycles. The van der Waals surface area contributed by atoms with Crippen LogP contribution in [0.5, 0.6) is 5.75 Å². The van der Waals surface area contributed by atoms with E-state index in [1.807, 2.05) is 14.0 Å². The minimum absolute atomic E-state index is 0.722. The molecule has 2 nitrogen and oxygen atoms in total. The highest BCUT2D eigenvalue weighted by molar-refractivity contribution is 5.37. The van der Waals surface area contributed by atoms with Crippen molar-refractivity contribution in [1.29, 1.82) is 0 Å². The number of aryl methyl sites for hydroxylation is 1. The van der Waals surface area contributed by atoms with Crippen LogP contribution in [0.2, 0.25) is 0 Å². The van der Waals surface area contributed by atoms with Gasteiger partial charge in [0.15, 0.2) is 0 Å². The number of hydrogen-bond donors (Lipinski definition) is 1. The van der Waals surface area contributed by atoms with Crippen LogP contribution in [-0.4, -0.2) is 13.7 Å². The van der Waals surface area contributed by atoms with Gasteiger partial charge in [-0.3, -0.25) is 0 Å². The highest BCUT2D eigenvalue weighted by Crippen LogP contribution is 2.19. The van der Waals surface area contributed by atoms with E-state index in [4.69, 9.17) is 4.74 Å². The van der Waals surface area contributed by atoms with Gasteiger partial charge < -0.3 is 10.1 Å². The summed E-state index contributed by atoms with van der Waals surface area (Å²) in [7, 11) is 1.94. The lowest BCUT2D eigenvalue weighted by Crippen LogP contribution is -2.07. The summed E-state index contributed by atoms with van der Waals surface area (Å²) < 4.78 is 5.53. The Kier molecular flexibility index (Phi) is 3.77. The van der Waals surface area contributed by atoms with Crippen LogP contribution < -0.4 is 10.1 Å². The molecule has 0 spiro atoms. The fraction of sp³-hybridized carbons (Fsp3) is 0.455. The van der Waals surface area contributed by atoms with Crippen LogP contribution in [0, 0.1) is 6.92 Å². The maximum Gasteiger partial charge on any atom is 0.124 e. The Morgan fingerprint density at radius 3 is 2.77 bits per heavy atom. The smallest absolute Gasteiger partial charge is 0.124 e. The van der Waals surface area contributed by atoms with E-state index < -0.39 is 0 Å². The fourth-order valence-corrected chi connectivity index (χ4v) is 1.29. The molecule has 1 rings (SSSR count). The monoisotopic (exact) mass is 179 g/mol. The Morgan fingerprint density at radius 1 is 1.38 bits per heavy atom. The van der Waals surface area contributed by atoms with E-state index in [2.05, 4.69) is 30.4 Å². The van der Waals surface area contributed by atoms with Gasteiger partial charge in [-0.05, 0) is 32.5 Å². The number of nitrogens with one attached hydrogen (secondary N) is 1. The molecular weight excluding hydrogens is 162 g/mol. The van der Waals surface area contributed by atoms with Gasteiger partial charge in [-0.25, -0.2) is 0 Å². The Morgan fingerprint density at radius 2 is 2.15 bits per heavy atom. The van der Waals surface area contributed by atoms with E-state index in [1.54, 1.807) is 0 Å². The average Bonchev–Trinajstić information content (AvgIpc) is 2.10. The third-order valence-corrected chi connectivity index (χ3v) is 1.89. The van der Waals surface area contributed by atoms with Crippen molar-refractivity contribution in [2.45, 2.75) is 20.4 Å². The summed E-state index contributed by atoms with van der Waals surface area (Å²) in [4.78, 5) is 0. The normalized spacial score (nSPS) is 10.1. The van der Waals surface area contributed by atoms with E-state index in [9.17, 15) is 0 Å². The molecule has 0 radical (unpaired) electrons. The molecule has 72 valence electrons. The molecule has 1 aromatic carbocycles. The van der Waals surface area contributed by atoms with Crippen molar-refractivity contribution in [3.8, 4) is 5.75 Å². The van der Waals surface area contributed by atoms with Gasteiger partial charge in [-0.15, -0.1) is 0 Å². The van der Waals surface area contributed by atoms with Crippen molar-refractivity contribution in [1.82, 2.24) is 5.32 Å². The summed E-state index contributed by atoms with van der Waals surface area (Å²) in [6.45, 7) is 5.66. The molecule has 0 aliphatic rings. The second-order valence-electron chi connectivity index (χ2n) is 3.07. The summed E-state index contributed by atoms with van der Waals surface area (Å²) in [5.74, 6) is 0.997. The van der Waals surface area contributed by atoms with E-state index in [0.29, 0.717) is 0 Å². The first-order valence-corrected chi connectivity index (χ1v) is 4.65. The quantitative estimate of drug-likeness (QED) is 0.764. The zero-order chi connectivity index (χ0) is 9.68. The van der Waals surface area contributed by atoms with Gasteiger partial charge in [0.05, 0.1) is 6.61 Å². The highest BCUT2D eigenvalue weighted by atomic mass is 16.5. The number of hydrogen-bond acceptors (Lipinski definition) is 2. The Bertz CT molecular complexity index is 271. The first-order valence-electron chi connectivity index (χ1n) is 4.65. The fourth-order valence-electron chi connectivity index (χ4n) is 1.29. The molecule has 13 heavy (non-hydrogen) atoms. The lowest BCUT2D eigenvalue weighted by Gasteiger charge is -2.10. The van der Waals surface area contributed by atoms with Gasteiger partial charge in [-0.2, -0.15) is 0 Å². The van der Waals surface area contributed by atoms with Crippen molar-refractivity contribution in [3.05, 3.63) is 29.3 Å². The summed E-state index contributed by atoms with van der Waals surface area (Å²) in [5.41, 5.74) is 2.46. The van der Waals surface area contributed by atoms with Crippen LogP contribution in [0.3, 0.4) is 0 Å². The van der Waals surface area contributed by atoms with Crippen molar-refractivity contribution in [2.24, 2.45) is 0 Å². The van der Waals surface area contributed by atoms with Gasteiger partial charge in [-0.1, -0.05) is 12.1 Å². The maximum atomic E-state index is 5.53. The van der Waals surface area contributed by atoms with Crippen molar-refractivity contribution in [3.63, 3.8) is 0 Å². The van der Waals surface area contributed by atoms with E-state index in [0.717, 1.165) is 18.9 Å². The summed E-state index contributed by atoms with van der Waals surface area (Å²) in [6, 6.07) is 6.29. The largest absolute Gasteiger partial charge is 0.494 e. The standard InChI is InChI=1S/C11H17NO/c1-4-13-11-7-9(2)5-6-10(11)8-12-3/h5-7,12H,4,8H2,1-3H3. The maximum absolute atomic E-state index is 5.53. The number of ether oxygens (including phenoxy) is 1. The van der Waals surface area contributed by atoms with Gasteiger partial charge in [0, 0.05) is 12.1 Å². The Labute approximate surface area is 79.9 Å². The van der Waals surface area contributed by atoms with Gasteiger partial charge in [0.2, 0.25) is 0 Å². The van der Waals surface area contributed by atoms with Gasteiger partial charge >= 0.3 is 0 Å². The third-order valence-electron chi connectivity index (χ3n) is 1.89. The Hall–Kier alpha value is -1.02. The molecule has 0 unspecified atom stereocenters. The predicted molar refractivity (Wildman–Crippen MR) is 55.1 cm³/mol. The molecule has 1 aromatic rings. The molecule has 0 atom stereocenters. The minimum Gasteiger partial charge on any atom is -0.494 e. The first kappa shape index (κ1) is 10.1. The SMILES string of the molecule is CCOc1cc(C)ccc1CNC. The summed E-state index contributed by atoms with van der Waals surface area (Å²) >= 11 is 0. The molecule has 0 aromatic heterocycles. The van der Waals surface area contributed by atoms with Crippen LogP contribution in [-0.2, 0) is 6.54 Å². The van der Waals surface area contributed by atoms with Crippen molar-refractivity contribution < 1.29 is 4.74 Å². The summed E-state index contributed by atoms with van der Waals surface area (Å²) in [5, 5.41) is 3.12. The Balaban J connectivity index is 2.89. The van der Waals surface area contributed by atoms with Crippen LogP contribution in [0.4, 0.5) is 0 Å². The van der Waals surface area contributed by atoms with Crippen molar-refractivity contribution in [2.75, 3.05) is 13.7 Å². The predicted octanol–water partition coefficient (Wildman–Crippen LogP) is 2.11. The first-order chi connectivity index (χ1) is 6.27. The molecule has 0 saturated heterocycles. The molecule has 0 fully saturated rings. The molecule has 0 bridgehead atoms. The van der Waals surface area contributed by atoms with Crippen LogP contribution in [0.25, 0.3) is 0 Å².